The number of para-hydroxylation sites is 1. The fourth-order valence-corrected chi connectivity index (χ4v) is 2.96. The van der Waals surface area contributed by atoms with Crippen molar-refractivity contribution in [2.45, 2.75) is 6.92 Å². The molecule has 2 heterocycles. The lowest BCUT2D eigenvalue weighted by Gasteiger charge is -2.18. The maximum atomic E-state index is 11.7. The number of nitrogens with zero attached hydrogens (tertiary/aromatic N) is 3. The predicted octanol–water partition coefficient (Wildman–Crippen LogP) is 2.80. The summed E-state index contributed by atoms with van der Waals surface area (Å²) in [4.78, 5) is 18.0. The molecule has 3 aromatic rings. The van der Waals surface area contributed by atoms with E-state index in [9.17, 15) is 9.90 Å². The lowest BCUT2D eigenvalue weighted by atomic mass is 10.1. The molecule has 2 aromatic heterocycles. The van der Waals surface area contributed by atoms with E-state index in [1.807, 2.05) is 54.9 Å². The molecule has 0 spiro atoms. The number of anilines is 1. The normalized spacial score (nSPS) is 11.2. The van der Waals surface area contributed by atoms with Crippen molar-refractivity contribution in [1.82, 2.24) is 9.55 Å². The van der Waals surface area contributed by atoms with Crippen molar-refractivity contribution in [3.05, 3.63) is 35.5 Å². The van der Waals surface area contributed by atoms with Crippen LogP contribution in [0.1, 0.15) is 16.1 Å². The van der Waals surface area contributed by atoms with Gasteiger partial charge in [-0.2, -0.15) is 0 Å². The molecular weight excluding hydrogens is 266 g/mol. The molecule has 108 valence electrons. The molecule has 0 bridgehead atoms. The van der Waals surface area contributed by atoms with Crippen LogP contribution >= 0.6 is 0 Å². The second-order valence-electron chi connectivity index (χ2n) is 5.40. The van der Waals surface area contributed by atoms with Crippen LogP contribution in [-0.2, 0) is 7.05 Å². The van der Waals surface area contributed by atoms with E-state index < -0.39 is 5.97 Å². The van der Waals surface area contributed by atoms with Gasteiger partial charge in [0.2, 0.25) is 0 Å². The molecule has 0 amide bonds. The van der Waals surface area contributed by atoms with Crippen LogP contribution in [0.5, 0.6) is 0 Å². The number of aromatic nitrogens is 2. The van der Waals surface area contributed by atoms with Crippen LogP contribution in [0.2, 0.25) is 0 Å². The summed E-state index contributed by atoms with van der Waals surface area (Å²) in [6.45, 7) is 1.74. The fourth-order valence-electron chi connectivity index (χ4n) is 2.96. The molecule has 0 aliphatic carbocycles. The highest BCUT2D eigenvalue weighted by Crippen LogP contribution is 2.37. The summed E-state index contributed by atoms with van der Waals surface area (Å²) in [6.07, 6.45) is 0. The van der Waals surface area contributed by atoms with Gasteiger partial charge in [0.25, 0.3) is 0 Å². The van der Waals surface area contributed by atoms with Gasteiger partial charge in [0.1, 0.15) is 11.2 Å². The molecule has 0 saturated carbocycles. The lowest BCUT2D eigenvalue weighted by molar-refractivity contribution is 0.0696. The molecule has 0 aliphatic heterocycles. The largest absolute Gasteiger partial charge is 0.478 e. The van der Waals surface area contributed by atoms with Crippen LogP contribution in [0.25, 0.3) is 21.9 Å². The van der Waals surface area contributed by atoms with Crippen molar-refractivity contribution < 1.29 is 9.90 Å². The number of carbonyl (C=O) groups is 1. The Kier molecular flexibility index (Phi) is 2.86. The minimum absolute atomic E-state index is 0.267. The number of carboxylic acids is 1. The van der Waals surface area contributed by atoms with Crippen molar-refractivity contribution in [1.29, 1.82) is 0 Å². The number of fused-ring (bicyclic) bond motifs is 3. The first-order chi connectivity index (χ1) is 9.93. The summed E-state index contributed by atoms with van der Waals surface area (Å²) in [6, 6.07) is 7.96. The van der Waals surface area contributed by atoms with Gasteiger partial charge in [-0.15, -0.1) is 0 Å². The molecule has 3 rings (SSSR count). The summed E-state index contributed by atoms with van der Waals surface area (Å²) >= 11 is 0. The first-order valence-corrected chi connectivity index (χ1v) is 6.71. The molecular formula is C16H17N3O2. The SMILES string of the molecule is Cc1nc2c(c(N(C)C)c1C(=O)O)c1ccccc1n2C. The fraction of sp³-hybridized carbons (Fsp3) is 0.250. The van der Waals surface area contributed by atoms with Crippen LogP contribution < -0.4 is 4.90 Å². The molecule has 1 N–H and O–H groups in total. The molecule has 5 heteroatoms. The van der Waals surface area contributed by atoms with Crippen LogP contribution in [-0.4, -0.2) is 34.7 Å². The molecule has 21 heavy (non-hydrogen) atoms. The van der Waals surface area contributed by atoms with Crippen LogP contribution in [0.3, 0.4) is 0 Å². The molecule has 0 saturated heterocycles. The van der Waals surface area contributed by atoms with Crippen LogP contribution in [0.15, 0.2) is 24.3 Å². The number of hydrogen-bond donors (Lipinski definition) is 1. The summed E-state index contributed by atoms with van der Waals surface area (Å²) in [5.41, 5.74) is 3.36. The Bertz CT molecular complexity index is 878. The number of benzene rings is 1. The highest BCUT2D eigenvalue weighted by molar-refractivity contribution is 6.17. The molecule has 0 aliphatic rings. The van der Waals surface area contributed by atoms with Crippen molar-refractivity contribution >= 4 is 33.6 Å². The highest BCUT2D eigenvalue weighted by Gasteiger charge is 2.23. The molecule has 0 fully saturated rings. The average Bonchev–Trinajstić information content (AvgIpc) is 2.71. The first kappa shape index (κ1) is 13.4. The van der Waals surface area contributed by atoms with Gasteiger partial charge in [0.05, 0.1) is 22.3 Å². The topological polar surface area (TPSA) is 58.4 Å². The van der Waals surface area contributed by atoms with Gasteiger partial charge in [-0.1, -0.05) is 18.2 Å². The monoisotopic (exact) mass is 283 g/mol. The number of carboxylic acid groups (broad SMARTS) is 1. The Morgan fingerprint density at radius 3 is 2.57 bits per heavy atom. The number of pyridine rings is 1. The number of aryl methyl sites for hydroxylation is 2. The van der Waals surface area contributed by atoms with Gasteiger partial charge in [-0.3, -0.25) is 0 Å². The second kappa shape index (κ2) is 4.48. The van der Waals surface area contributed by atoms with Crippen LogP contribution in [0, 0.1) is 6.92 Å². The third-order valence-electron chi connectivity index (χ3n) is 3.85. The van der Waals surface area contributed by atoms with Crippen molar-refractivity contribution in [2.24, 2.45) is 7.05 Å². The zero-order chi connectivity index (χ0) is 15.3. The van der Waals surface area contributed by atoms with Gasteiger partial charge >= 0.3 is 5.97 Å². The summed E-state index contributed by atoms with van der Waals surface area (Å²) in [5.74, 6) is -0.946. The zero-order valence-electron chi connectivity index (χ0n) is 12.5. The van der Waals surface area contributed by atoms with Crippen molar-refractivity contribution in [3.63, 3.8) is 0 Å². The van der Waals surface area contributed by atoms with E-state index >= 15 is 0 Å². The number of aromatic carboxylic acids is 1. The third kappa shape index (κ3) is 1.77. The standard InChI is InChI=1S/C16H17N3O2/c1-9-12(16(20)21)14(18(2)3)13-10-7-5-6-8-11(10)19(4)15(13)17-9/h5-8H,1-4H3,(H,20,21). The molecule has 0 unspecified atom stereocenters. The van der Waals surface area contributed by atoms with Gasteiger partial charge in [0.15, 0.2) is 0 Å². The van der Waals surface area contributed by atoms with E-state index in [1.165, 1.54) is 0 Å². The van der Waals surface area contributed by atoms with Crippen molar-refractivity contribution in [3.8, 4) is 0 Å². The van der Waals surface area contributed by atoms with E-state index in [0.717, 1.165) is 21.9 Å². The maximum Gasteiger partial charge on any atom is 0.339 e. The van der Waals surface area contributed by atoms with E-state index in [2.05, 4.69) is 4.98 Å². The van der Waals surface area contributed by atoms with Crippen LogP contribution in [0.4, 0.5) is 5.69 Å². The Hall–Kier alpha value is -2.56. The first-order valence-electron chi connectivity index (χ1n) is 6.71. The predicted molar refractivity (Wildman–Crippen MR) is 84.2 cm³/mol. The Labute approximate surface area is 122 Å². The molecule has 0 radical (unpaired) electrons. The van der Waals surface area contributed by atoms with Gasteiger partial charge < -0.3 is 14.6 Å². The Morgan fingerprint density at radius 1 is 1.29 bits per heavy atom. The number of rotatable bonds is 2. The summed E-state index contributed by atoms with van der Waals surface area (Å²) in [5, 5.41) is 11.5. The third-order valence-corrected chi connectivity index (χ3v) is 3.85. The van der Waals surface area contributed by atoms with E-state index in [0.29, 0.717) is 11.4 Å². The summed E-state index contributed by atoms with van der Waals surface area (Å²) in [7, 11) is 5.68. The minimum Gasteiger partial charge on any atom is -0.478 e. The average molecular weight is 283 g/mol. The maximum absolute atomic E-state index is 11.7. The quantitative estimate of drug-likeness (QED) is 0.785. The van der Waals surface area contributed by atoms with E-state index in [1.54, 1.807) is 6.92 Å². The molecule has 0 atom stereocenters. The lowest BCUT2D eigenvalue weighted by Crippen LogP contribution is -2.16. The van der Waals surface area contributed by atoms with Gasteiger partial charge in [0, 0.05) is 26.5 Å². The summed E-state index contributed by atoms with van der Waals surface area (Å²) < 4.78 is 2.01. The zero-order valence-corrected chi connectivity index (χ0v) is 12.5. The van der Waals surface area contributed by atoms with Gasteiger partial charge in [-0.05, 0) is 13.0 Å². The minimum atomic E-state index is -0.946. The van der Waals surface area contributed by atoms with E-state index in [-0.39, 0.29) is 5.56 Å². The smallest absolute Gasteiger partial charge is 0.339 e. The van der Waals surface area contributed by atoms with Crippen molar-refractivity contribution in [2.75, 3.05) is 19.0 Å². The highest BCUT2D eigenvalue weighted by atomic mass is 16.4. The Morgan fingerprint density at radius 2 is 1.95 bits per heavy atom. The van der Waals surface area contributed by atoms with E-state index in [4.69, 9.17) is 0 Å². The molecule has 5 nitrogen and oxygen atoms in total. The van der Waals surface area contributed by atoms with Gasteiger partial charge in [-0.25, -0.2) is 9.78 Å². The molecule has 1 aromatic carbocycles. The number of hydrogen-bond acceptors (Lipinski definition) is 3. The second-order valence-corrected chi connectivity index (χ2v) is 5.40. The Balaban J connectivity index is 2.65.